The van der Waals surface area contributed by atoms with Gasteiger partial charge in [-0.3, -0.25) is 0 Å². The second-order valence-corrected chi connectivity index (χ2v) is 5.92. The molecule has 0 saturated heterocycles. The molecule has 17 heavy (non-hydrogen) atoms. The van der Waals surface area contributed by atoms with Crippen molar-refractivity contribution in [2.24, 2.45) is 0 Å². The molecule has 1 heterocycles. The van der Waals surface area contributed by atoms with E-state index in [2.05, 4.69) is 35.0 Å². The Hall–Kier alpha value is -0.900. The van der Waals surface area contributed by atoms with Gasteiger partial charge in [0.1, 0.15) is 0 Å². The first-order valence-electron chi connectivity index (χ1n) is 5.89. The van der Waals surface area contributed by atoms with Crippen LogP contribution in [0.5, 0.6) is 0 Å². The minimum absolute atomic E-state index is 0.261. The standard InChI is InChI=1S/C14H19NOS/c1-10(16)14(2,3)15-8-11-9-17-13-7-5-4-6-12(11)13/h4-7,9-10,15-16H,8H2,1-3H3. The lowest BCUT2D eigenvalue weighted by Crippen LogP contribution is -2.47. The normalized spacial score (nSPS) is 14.1. The van der Waals surface area contributed by atoms with Crippen LogP contribution in [-0.4, -0.2) is 16.7 Å². The maximum Gasteiger partial charge on any atom is 0.0688 e. The van der Waals surface area contributed by atoms with E-state index in [-0.39, 0.29) is 11.6 Å². The summed E-state index contributed by atoms with van der Waals surface area (Å²) in [6, 6.07) is 8.43. The van der Waals surface area contributed by atoms with Crippen molar-refractivity contribution < 1.29 is 5.11 Å². The topological polar surface area (TPSA) is 32.3 Å². The van der Waals surface area contributed by atoms with E-state index in [1.54, 1.807) is 11.3 Å². The van der Waals surface area contributed by atoms with Crippen LogP contribution in [0.4, 0.5) is 0 Å². The Morgan fingerprint density at radius 3 is 2.76 bits per heavy atom. The molecule has 0 aliphatic rings. The molecule has 0 radical (unpaired) electrons. The molecule has 2 rings (SSSR count). The van der Waals surface area contributed by atoms with Crippen LogP contribution in [0, 0.1) is 0 Å². The molecular formula is C14H19NOS. The fourth-order valence-corrected chi connectivity index (χ4v) is 2.60. The lowest BCUT2D eigenvalue weighted by atomic mass is 9.98. The number of hydrogen-bond donors (Lipinski definition) is 2. The molecule has 0 spiro atoms. The zero-order valence-electron chi connectivity index (χ0n) is 10.5. The van der Waals surface area contributed by atoms with Crippen LogP contribution in [0.3, 0.4) is 0 Å². The highest BCUT2D eigenvalue weighted by molar-refractivity contribution is 7.17. The van der Waals surface area contributed by atoms with E-state index in [0.717, 1.165) is 6.54 Å². The predicted octanol–water partition coefficient (Wildman–Crippen LogP) is 3.15. The maximum atomic E-state index is 9.66. The number of hydrogen-bond acceptors (Lipinski definition) is 3. The van der Waals surface area contributed by atoms with Gasteiger partial charge >= 0.3 is 0 Å². The molecule has 1 unspecified atom stereocenters. The summed E-state index contributed by atoms with van der Waals surface area (Å²) in [4.78, 5) is 0. The molecule has 1 aromatic heterocycles. The van der Waals surface area contributed by atoms with E-state index < -0.39 is 0 Å². The number of rotatable bonds is 4. The minimum atomic E-state index is -0.368. The second-order valence-electron chi connectivity index (χ2n) is 5.01. The van der Waals surface area contributed by atoms with Gasteiger partial charge in [-0.05, 0) is 43.2 Å². The first-order valence-corrected chi connectivity index (χ1v) is 6.77. The van der Waals surface area contributed by atoms with Crippen LogP contribution in [-0.2, 0) is 6.54 Å². The summed E-state index contributed by atoms with van der Waals surface area (Å²) in [7, 11) is 0. The summed E-state index contributed by atoms with van der Waals surface area (Å²) >= 11 is 1.77. The zero-order chi connectivity index (χ0) is 12.5. The van der Waals surface area contributed by atoms with Crippen molar-refractivity contribution in [2.75, 3.05) is 0 Å². The average Bonchev–Trinajstić information content (AvgIpc) is 2.69. The molecule has 1 aromatic carbocycles. The van der Waals surface area contributed by atoms with E-state index in [9.17, 15) is 5.11 Å². The van der Waals surface area contributed by atoms with Crippen molar-refractivity contribution in [3.63, 3.8) is 0 Å². The third-order valence-corrected chi connectivity index (χ3v) is 4.35. The molecule has 2 N–H and O–H groups in total. The summed E-state index contributed by atoms with van der Waals surface area (Å²) in [5.41, 5.74) is 1.04. The summed E-state index contributed by atoms with van der Waals surface area (Å²) in [6.07, 6.45) is -0.368. The van der Waals surface area contributed by atoms with E-state index >= 15 is 0 Å². The smallest absolute Gasteiger partial charge is 0.0688 e. The number of aliphatic hydroxyl groups is 1. The van der Waals surface area contributed by atoms with Gasteiger partial charge in [-0.25, -0.2) is 0 Å². The molecule has 0 saturated carbocycles. The minimum Gasteiger partial charge on any atom is -0.392 e. The van der Waals surface area contributed by atoms with Crippen molar-refractivity contribution in [3.05, 3.63) is 35.2 Å². The summed E-state index contributed by atoms with van der Waals surface area (Å²) in [5.74, 6) is 0. The van der Waals surface area contributed by atoms with Crippen molar-refractivity contribution in [1.29, 1.82) is 0 Å². The van der Waals surface area contributed by atoms with Gasteiger partial charge in [0.15, 0.2) is 0 Å². The first kappa shape index (κ1) is 12.6. The maximum absolute atomic E-state index is 9.66. The third kappa shape index (κ3) is 2.68. The molecular weight excluding hydrogens is 230 g/mol. The van der Waals surface area contributed by atoms with Crippen molar-refractivity contribution in [2.45, 2.75) is 39.0 Å². The molecule has 0 bridgehead atoms. The van der Waals surface area contributed by atoms with Crippen molar-refractivity contribution >= 4 is 21.4 Å². The highest BCUT2D eigenvalue weighted by Gasteiger charge is 2.23. The monoisotopic (exact) mass is 249 g/mol. The van der Waals surface area contributed by atoms with Crippen LogP contribution in [0.15, 0.2) is 29.6 Å². The molecule has 0 aliphatic carbocycles. The lowest BCUT2D eigenvalue weighted by Gasteiger charge is -2.29. The Morgan fingerprint density at radius 2 is 2.06 bits per heavy atom. The SMILES string of the molecule is CC(O)C(C)(C)NCc1csc2ccccc12. The Balaban J connectivity index is 2.14. The Bertz CT molecular complexity index is 502. The van der Waals surface area contributed by atoms with Gasteiger partial charge in [0, 0.05) is 16.8 Å². The second kappa shape index (κ2) is 4.77. The summed E-state index contributed by atoms with van der Waals surface area (Å²) in [5, 5.41) is 16.6. The van der Waals surface area contributed by atoms with Crippen LogP contribution in [0.2, 0.25) is 0 Å². The Kier molecular flexibility index (Phi) is 3.52. The van der Waals surface area contributed by atoms with Gasteiger partial charge in [0.25, 0.3) is 0 Å². The Morgan fingerprint density at radius 1 is 1.35 bits per heavy atom. The van der Waals surface area contributed by atoms with Crippen molar-refractivity contribution in [1.82, 2.24) is 5.32 Å². The molecule has 3 heteroatoms. The highest BCUT2D eigenvalue weighted by Crippen LogP contribution is 2.26. The number of aliphatic hydroxyl groups excluding tert-OH is 1. The van der Waals surface area contributed by atoms with Gasteiger partial charge in [-0.15, -0.1) is 11.3 Å². The van der Waals surface area contributed by atoms with E-state index in [1.807, 2.05) is 20.8 Å². The zero-order valence-corrected chi connectivity index (χ0v) is 11.3. The van der Waals surface area contributed by atoms with Gasteiger partial charge in [-0.2, -0.15) is 0 Å². The van der Waals surface area contributed by atoms with Crippen molar-refractivity contribution in [3.8, 4) is 0 Å². The molecule has 92 valence electrons. The molecule has 2 aromatic rings. The van der Waals surface area contributed by atoms with Crippen LogP contribution < -0.4 is 5.32 Å². The largest absolute Gasteiger partial charge is 0.392 e. The highest BCUT2D eigenvalue weighted by atomic mass is 32.1. The van der Waals surface area contributed by atoms with Crippen LogP contribution in [0.25, 0.3) is 10.1 Å². The quantitative estimate of drug-likeness (QED) is 0.872. The molecule has 2 nitrogen and oxygen atoms in total. The van der Waals surface area contributed by atoms with Crippen LogP contribution >= 0.6 is 11.3 Å². The van der Waals surface area contributed by atoms with E-state index in [0.29, 0.717) is 0 Å². The molecule has 0 aliphatic heterocycles. The molecule has 0 fully saturated rings. The van der Waals surface area contributed by atoms with Gasteiger partial charge in [-0.1, -0.05) is 18.2 Å². The summed E-state index contributed by atoms with van der Waals surface area (Å²) in [6.45, 7) is 6.65. The fraction of sp³-hybridized carbons (Fsp3) is 0.429. The Labute approximate surface area is 106 Å². The number of thiophene rings is 1. The lowest BCUT2D eigenvalue weighted by molar-refractivity contribution is 0.0957. The first-order chi connectivity index (χ1) is 8.00. The number of fused-ring (bicyclic) bond motifs is 1. The van der Waals surface area contributed by atoms with Gasteiger partial charge in [0.05, 0.1) is 6.10 Å². The average molecular weight is 249 g/mol. The summed E-state index contributed by atoms with van der Waals surface area (Å²) < 4.78 is 1.32. The van der Waals surface area contributed by atoms with Crippen LogP contribution in [0.1, 0.15) is 26.3 Å². The van der Waals surface area contributed by atoms with E-state index in [4.69, 9.17) is 0 Å². The van der Waals surface area contributed by atoms with Gasteiger partial charge in [0.2, 0.25) is 0 Å². The third-order valence-electron chi connectivity index (χ3n) is 3.34. The molecule has 1 atom stereocenters. The number of nitrogens with one attached hydrogen (secondary N) is 1. The van der Waals surface area contributed by atoms with Gasteiger partial charge < -0.3 is 10.4 Å². The number of benzene rings is 1. The fourth-order valence-electron chi connectivity index (χ4n) is 1.64. The predicted molar refractivity (Wildman–Crippen MR) is 74.4 cm³/mol. The van der Waals surface area contributed by atoms with E-state index in [1.165, 1.54) is 15.6 Å². The molecule has 0 amide bonds.